The summed E-state index contributed by atoms with van der Waals surface area (Å²) in [6.07, 6.45) is 4.43. The van der Waals surface area contributed by atoms with Crippen LogP contribution in [0, 0.1) is 0 Å². The second kappa shape index (κ2) is 10.8. The summed E-state index contributed by atoms with van der Waals surface area (Å²) in [7, 11) is 0. The molecular formula is C17H24ClN3O2. The molecule has 23 heavy (non-hydrogen) atoms. The second-order valence-electron chi connectivity index (χ2n) is 5.37. The highest BCUT2D eigenvalue weighted by Crippen LogP contribution is 2.20. The van der Waals surface area contributed by atoms with Crippen molar-refractivity contribution >= 4 is 34.8 Å². The minimum absolute atomic E-state index is 0.0848. The monoisotopic (exact) mass is 337 g/mol. The minimum Gasteiger partial charge on any atom is -0.325 e. The molecule has 1 aromatic carbocycles. The summed E-state index contributed by atoms with van der Waals surface area (Å²) in [4.78, 5) is 23.5. The van der Waals surface area contributed by atoms with E-state index in [1.807, 2.05) is 6.92 Å². The Morgan fingerprint density at radius 1 is 1.09 bits per heavy atom. The van der Waals surface area contributed by atoms with Crippen molar-refractivity contribution in [3.63, 3.8) is 0 Å². The van der Waals surface area contributed by atoms with Gasteiger partial charge in [0.2, 0.25) is 11.8 Å². The first kappa shape index (κ1) is 19.2. The molecule has 0 saturated carbocycles. The molecule has 0 aliphatic heterocycles. The van der Waals surface area contributed by atoms with Crippen LogP contribution in [0.3, 0.4) is 0 Å². The second-order valence-corrected chi connectivity index (χ2v) is 5.77. The molecule has 0 spiro atoms. The molecule has 2 N–H and O–H groups in total. The Morgan fingerprint density at radius 2 is 1.78 bits per heavy atom. The Kier molecular flexibility index (Phi) is 8.98. The molecule has 0 aromatic heterocycles. The van der Waals surface area contributed by atoms with Crippen molar-refractivity contribution in [2.45, 2.75) is 52.4 Å². The van der Waals surface area contributed by atoms with E-state index in [9.17, 15) is 9.59 Å². The van der Waals surface area contributed by atoms with Crippen molar-refractivity contribution in [2.75, 3.05) is 5.32 Å². The Balaban J connectivity index is 2.29. The van der Waals surface area contributed by atoms with E-state index in [2.05, 4.69) is 22.8 Å². The van der Waals surface area contributed by atoms with Crippen LogP contribution in [0.4, 0.5) is 5.69 Å². The molecule has 0 unspecified atom stereocenters. The lowest BCUT2D eigenvalue weighted by molar-refractivity contribution is -0.124. The van der Waals surface area contributed by atoms with Crippen LogP contribution < -0.4 is 10.7 Å². The van der Waals surface area contributed by atoms with Crippen molar-refractivity contribution < 1.29 is 9.59 Å². The van der Waals surface area contributed by atoms with E-state index in [1.165, 1.54) is 0 Å². The summed E-state index contributed by atoms with van der Waals surface area (Å²) in [6.45, 7) is 4.03. The number of halogens is 1. The third kappa shape index (κ3) is 8.35. The molecule has 0 aliphatic carbocycles. The smallest absolute Gasteiger partial charge is 0.240 e. The van der Waals surface area contributed by atoms with E-state index in [0.717, 1.165) is 31.4 Å². The highest BCUT2D eigenvalue weighted by atomic mass is 35.5. The van der Waals surface area contributed by atoms with Crippen molar-refractivity contribution in [1.29, 1.82) is 0 Å². The number of nitrogens with zero attached hydrogens (tertiary/aromatic N) is 1. The first-order chi connectivity index (χ1) is 11.0. The lowest BCUT2D eigenvalue weighted by atomic mass is 10.1. The van der Waals surface area contributed by atoms with Crippen molar-refractivity contribution in [3.8, 4) is 0 Å². The van der Waals surface area contributed by atoms with E-state index >= 15 is 0 Å². The number of para-hydroxylation sites is 1. The molecule has 126 valence electrons. The lowest BCUT2D eigenvalue weighted by Crippen LogP contribution is -2.21. The number of rotatable bonds is 9. The van der Waals surface area contributed by atoms with E-state index in [0.29, 0.717) is 10.7 Å². The quantitative estimate of drug-likeness (QED) is 0.404. The molecule has 6 heteroatoms. The molecule has 0 atom stereocenters. The number of amides is 2. The van der Waals surface area contributed by atoms with Crippen LogP contribution in [-0.2, 0) is 9.59 Å². The number of hydrogen-bond acceptors (Lipinski definition) is 3. The number of hydrogen-bond donors (Lipinski definition) is 2. The predicted molar refractivity (Wildman–Crippen MR) is 94.7 cm³/mol. The zero-order valence-electron chi connectivity index (χ0n) is 13.7. The maximum atomic E-state index is 11.8. The molecule has 0 bridgehead atoms. The molecule has 0 heterocycles. The number of benzene rings is 1. The van der Waals surface area contributed by atoms with Crippen LogP contribution in [0.15, 0.2) is 29.4 Å². The predicted octanol–water partition coefficient (Wildman–Crippen LogP) is 4.13. The first-order valence-electron chi connectivity index (χ1n) is 7.89. The van der Waals surface area contributed by atoms with Gasteiger partial charge in [-0.2, -0.15) is 5.10 Å². The SMILES string of the molecule is CCCCC/C(C)=N/NC(=O)CCC(=O)Nc1ccccc1Cl. The van der Waals surface area contributed by atoms with E-state index in [4.69, 9.17) is 11.6 Å². The average Bonchev–Trinajstić information content (AvgIpc) is 2.53. The molecule has 0 radical (unpaired) electrons. The van der Waals surface area contributed by atoms with Gasteiger partial charge in [0.05, 0.1) is 10.7 Å². The maximum Gasteiger partial charge on any atom is 0.240 e. The van der Waals surface area contributed by atoms with Gasteiger partial charge in [0.25, 0.3) is 0 Å². The summed E-state index contributed by atoms with van der Waals surface area (Å²) < 4.78 is 0. The van der Waals surface area contributed by atoms with Gasteiger partial charge in [0.1, 0.15) is 0 Å². The van der Waals surface area contributed by atoms with Gasteiger partial charge in [-0.3, -0.25) is 9.59 Å². The van der Waals surface area contributed by atoms with Crippen LogP contribution >= 0.6 is 11.6 Å². The highest BCUT2D eigenvalue weighted by molar-refractivity contribution is 6.33. The normalized spacial score (nSPS) is 11.2. The molecule has 2 amide bonds. The third-order valence-electron chi connectivity index (χ3n) is 3.24. The number of carbonyl (C=O) groups excluding carboxylic acids is 2. The Labute approximate surface area is 142 Å². The molecule has 0 aliphatic rings. The first-order valence-corrected chi connectivity index (χ1v) is 8.27. The largest absolute Gasteiger partial charge is 0.325 e. The van der Waals surface area contributed by atoms with Gasteiger partial charge in [-0.1, -0.05) is 43.5 Å². The third-order valence-corrected chi connectivity index (χ3v) is 3.57. The molecule has 1 rings (SSSR count). The van der Waals surface area contributed by atoms with Gasteiger partial charge in [0.15, 0.2) is 0 Å². The van der Waals surface area contributed by atoms with Crippen LogP contribution in [0.5, 0.6) is 0 Å². The van der Waals surface area contributed by atoms with Crippen LogP contribution in [0.1, 0.15) is 52.4 Å². The van der Waals surface area contributed by atoms with Crippen molar-refractivity contribution in [1.82, 2.24) is 5.43 Å². The Morgan fingerprint density at radius 3 is 2.48 bits per heavy atom. The summed E-state index contributed by atoms with van der Waals surface area (Å²) in [5.74, 6) is -0.522. The fourth-order valence-corrected chi connectivity index (χ4v) is 2.09. The molecular weight excluding hydrogens is 314 g/mol. The number of anilines is 1. The summed E-state index contributed by atoms with van der Waals surface area (Å²) in [6, 6.07) is 6.97. The Hall–Kier alpha value is -1.88. The van der Waals surface area contributed by atoms with E-state index in [-0.39, 0.29) is 24.7 Å². The van der Waals surface area contributed by atoms with Gasteiger partial charge in [-0.25, -0.2) is 5.43 Å². The average molecular weight is 338 g/mol. The molecule has 0 saturated heterocycles. The number of hydrazone groups is 1. The van der Waals surface area contributed by atoms with Gasteiger partial charge in [0, 0.05) is 18.6 Å². The van der Waals surface area contributed by atoms with Crippen LogP contribution in [0.25, 0.3) is 0 Å². The topological polar surface area (TPSA) is 70.6 Å². The summed E-state index contributed by atoms with van der Waals surface area (Å²) >= 11 is 5.96. The van der Waals surface area contributed by atoms with Gasteiger partial charge in [-0.05, 0) is 31.9 Å². The van der Waals surface area contributed by atoms with Crippen molar-refractivity contribution in [3.05, 3.63) is 29.3 Å². The number of carbonyl (C=O) groups is 2. The maximum absolute atomic E-state index is 11.8. The van der Waals surface area contributed by atoms with Gasteiger partial charge >= 0.3 is 0 Å². The fourth-order valence-electron chi connectivity index (χ4n) is 1.90. The minimum atomic E-state index is -0.269. The standard InChI is InChI=1S/C17H24ClN3O2/c1-3-4-5-8-13(2)20-21-17(23)12-11-16(22)19-15-10-7-6-9-14(15)18/h6-7,9-10H,3-5,8,11-12H2,1-2H3,(H,19,22)(H,21,23)/b20-13+. The van der Waals surface area contributed by atoms with Crippen LogP contribution in [0.2, 0.25) is 5.02 Å². The molecule has 1 aromatic rings. The fraction of sp³-hybridized carbons (Fsp3) is 0.471. The van der Waals surface area contributed by atoms with E-state index < -0.39 is 0 Å². The number of nitrogens with one attached hydrogen (secondary N) is 2. The highest BCUT2D eigenvalue weighted by Gasteiger charge is 2.08. The van der Waals surface area contributed by atoms with Crippen LogP contribution in [-0.4, -0.2) is 17.5 Å². The zero-order valence-corrected chi connectivity index (χ0v) is 14.4. The van der Waals surface area contributed by atoms with Gasteiger partial charge < -0.3 is 5.32 Å². The zero-order chi connectivity index (χ0) is 17.1. The Bertz CT molecular complexity index is 559. The van der Waals surface area contributed by atoms with Gasteiger partial charge in [-0.15, -0.1) is 0 Å². The summed E-state index contributed by atoms with van der Waals surface area (Å²) in [5, 5.41) is 7.18. The van der Waals surface area contributed by atoms with E-state index in [1.54, 1.807) is 24.3 Å². The molecule has 5 nitrogen and oxygen atoms in total. The number of unbranched alkanes of at least 4 members (excludes halogenated alkanes) is 2. The molecule has 0 fully saturated rings. The summed E-state index contributed by atoms with van der Waals surface area (Å²) in [5.41, 5.74) is 3.92. The lowest BCUT2D eigenvalue weighted by Gasteiger charge is -2.06. The van der Waals surface area contributed by atoms with Crippen molar-refractivity contribution in [2.24, 2.45) is 5.10 Å².